The SMILES string of the molecule is CCOC(=O)c1c(C)[nH]c(C)c1C(=O)COC(=O)c1ccc(-n2cncn2)cc1. The molecule has 0 saturated heterocycles. The summed E-state index contributed by atoms with van der Waals surface area (Å²) < 4.78 is 11.7. The van der Waals surface area contributed by atoms with Gasteiger partial charge in [0.25, 0.3) is 0 Å². The van der Waals surface area contributed by atoms with Gasteiger partial charge in [0.05, 0.1) is 29.0 Å². The number of rotatable bonds is 7. The van der Waals surface area contributed by atoms with Crippen LogP contribution in [0.25, 0.3) is 5.69 Å². The van der Waals surface area contributed by atoms with Crippen molar-refractivity contribution in [2.75, 3.05) is 13.2 Å². The molecule has 3 aromatic rings. The largest absolute Gasteiger partial charge is 0.462 e. The topological polar surface area (TPSA) is 116 Å². The molecule has 0 amide bonds. The van der Waals surface area contributed by atoms with Gasteiger partial charge in [-0.15, -0.1) is 0 Å². The highest BCUT2D eigenvalue weighted by atomic mass is 16.5. The average molecular weight is 396 g/mol. The Morgan fingerprint density at radius 2 is 1.69 bits per heavy atom. The van der Waals surface area contributed by atoms with Gasteiger partial charge in [-0.1, -0.05) is 0 Å². The summed E-state index contributed by atoms with van der Waals surface area (Å²) in [6.07, 6.45) is 2.94. The molecule has 2 aromatic heterocycles. The number of aromatic nitrogens is 4. The summed E-state index contributed by atoms with van der Waals surface area (Å²) in [6, 6.07) is 6.51. The Bertz CT molecular complexity index is 1040. The highest BCUT2D eigenvalue weighted by Crippen LogP contribution is 2.20. The number of benzene rings is 1. The molecule has 0 spiro atoms. The molecule has 0 aliphatic heterocycles. The van der Waals surface area contributed by atoms with E-state index in [1.807, 2.05) is 0 Å². The van der Waals surface area contributed by atoms with Crippen LogP contribution in [0.4, 0.5) is 0 Å². The lowest BCUT2D eigenvalue weighted by Crippen LogP contribution is -2.18. The van der Waals surface area contributed by atoms with E-state index in [1.165, 1.54) is 12.7 Å². The van der Waals surface area contributed by atoms with Gasteiger partial charge in [0.2, 0.25) is 5.78 Å². The molecule has 9 heteroatoms. The number of carbonyl (C=O) groups is 3. The van der Waals surface area contributed by atoms with Crippen molar-refractivity contribution in [3.05, 3.63) is 65.0 Å². The van der Waals surface area contributed by atoms with Gasteiger partial charge in [-0.2, -0.15) is 5.10 Å². The van der Waals surface area contributed by atoms with Crippen LogP contribution in [0.2, 0.25) is 0 Å². The van der Waals surface area contributed by atoms with E-state index in [0.717, 1.165) is 5.69 Å². The first-order valence-electron chi connectivity index (χ1n) is 8.94. The molecule has 29 heavy (non-hydrogen) atoms. The van der Waals surface area contributed by atoms with E-state index in [4.69, 9.17) is 9.47 Å². The minimum Gasteiger partial charge on any atom is -0.462 e. The molecular weight excluding hydrogens is 376 g/mol. The number of hydrogen-bond donors (Lipinski definition) is 1. The number of H-pyrrole nitrogens is 1. The second kappa shape index (κ2) is 8.51. The van der Waals surface area contributed by atoms with Crippen LogP contribution in [-0.4, -0.2) is 50.7 Å². The van der Waals surface area contributed by atoms with Crippen LogP contribution >= 0.6 is 0 Å². The molecule has 0 atom stereocenters. The highest BCUT2D eigenvalue weighted by Gasteiger charge is 2.26. The van der Waals surface area contributed by atoms with E-state index >= 15 is 0 Å². The Balaban J connectivity index is 1.69. The van der Waals surface area contributed by atoms with Gasteiger partial charge in [-0.05, 0) is 45.0 Å². The number of aromatic amines is 1. The molecule has 9 nitrogen and oxygen atoms in total. The Morgan fingerprint density at radius 3 is 2.31 bits per heavy atom. The molecule has 0 radical (unpaired) electrons. The van der Waals surface area contributed by atoms with Gasteiger partial charge in [0.1, 0.15) is 12.7 Å². The first-order chi connectivity index (χ1) is 13.9. The summed E-state index contributed by atoms with van der Waals surface area (Å²) in [5.74, 6) is -1.72. The normalized spacial score (nSPS) is 10.6. The van der Waals surface area contributed by atoms with Crippen LogP contribution in [0.1, 0.15) is 49.4 Å². The maximum Gasteiger partial charge on any atom is 0.340 e. The van der Waals surface area contributed by atoms with Crippen LogP contribution < -0.4 is 0 Å². The minimum atomic E-state index is -0.647. The summed E-state index contributed by atoms with van der Waals surface area (Å²) >= 11 is 0. The summed E-state index contributed by atoms with van der Waals surface area (Å²) in [4.78, 5) is 43.9. The first-order valence-corrected chi connectivity index (χ1v) is 8.94. The number of hydrogen-bond acceptors (Lipinski definition) is 7. The van der Waals surface area contributed by atoms with E-state index in [-0.39, 0.29) is 23.3 Å². The van der Waals surface area contributed by atoms with Gasteiger partial charge in [0.15, 0.2) is 6.61 Å². The number of ketones is 1. The number of carbonyl (C=O) groups excluding carboxylic acids is 3. The zero-order valence-electron chi connectivity index (χ0n) is 16.3. The summed E-state index contributed by atoms with van der Waals surface area (Å²) in [5.41, 5.74) is 2.41. The molecule has 0 saturated carbocycles. The Labute approximate surface area is 166 Å². The fourth-order valence-corrected chi connectivity index (χ4v) is 2.97. The van der Waals surface area contributed by atoms with E-state index in [2.05, 4.69) is 15.1 Å². The molecule has 0 aliphatic carbocycles. The third-order valence-corrected chi connectivity index (χ3v) is 4.25. The Morgan fingerprint density at radius 1 is 1.00 bits per heavy atom. The number of ether oxygens (including phenoxy) is 2. The first kappa shape index (κ1) is 20.0. The second-order valence-corrected chi connectivity index (χ2v) is 6.23. The van der Waals surface area contributed by atoms with Crippen molar-refractivity contribution in [2.45, 2.75) is 20.8 Å². The maximum absolute atomic E-state index is 12.6. The number of aryl methyl sites for hydroxylation is 2. The minimum absolute atomic E-state index is 0.169. The zero-order chi connectivity index (χ0) is 21.0. The molecular formula is C20H20N4O5. The average Bonchev–Trinajstić information content (AvgIpc) is 3.34. The molecule has 0 aliphatic rings. The second-order valence-electron chi connectivity index (χ2n) is 6.23. The van der Waals surface area contributed by atoms with E-state index in [1.54, 1.807) is 49.7 Å². The van der Waals surface area contributed by atoms with Crippen molar-refractivity contribution < 1.29 is 23.9 Å². The molecule has 1 N–H and O–H groups in total. The Kier molecular flexibility index (Phi) is 5.87. The number of esters is 2. The van der Waals surface area contributed by atoms with Crippen molar-refractivity contribution in [1.82, 2.24) is 19.7 Å². The molecule has 2 heterocycles. The third-order valence-electron chi connectivity index (χ3n) is 4.25. The fraction of sp³-hybridized carbons (Fsp3) is 0.250. The lowest BCUT2D eigenvalue weighted by molar-refractivity contribution is 0.0472. The van der Waals surface area contributed by atoms with Crippen LogP contribution in [0.5, 0.6) is 0 Å². The van der Waals surface area contributed by atoms with Crippen molar-refractivity contribution in [2.24, 2.45) is 0 Å². The van der Waals surface area contributed by atoms with Crippen molar-refractivity contribution in [3.63, 3.8) is 0 Å². The summed E-state index contributed by atoms with van der Waals surface area (Å²) in [5, 5.41) is 4.00. The molecule has 0 bridgehead atoms. The maximum atomic E-state index is 12.6. The van der Waals surface area contributed by atoms with E-state index in [9.17, 15) is 14.4 Å². The summed E-state index contributed by atoms with van der Waals surface area (Å²) in [6.45, 7) is 4.74. The van der Waals surface area contributed by atoms with E-state index < -0.39 is 24.3 Å². The predicted octanol–water partition coefficient (Wildman–Crippen LogP) is 2.43. The molecule has 3 rings (SSSR count). The zero-order valence-corrected chi connectivity index (χ0v) is 16.3. The standard InChI is InChI=1S/C20H20N4O5/c1-4-28-20(27)18-13(3)23-12(2)17(18)16(25)9-29-19(26)14-5-7-15(8-6-14)24-11-21-10-22-24/h5-8,10-11,23H,4,9H2,1-3H3. The Hall–Kier alpha value is -3.75. The van der Waals surface area contributed by atoms with Gasteiger partial charge in [0, 0.05) is 11.4 Å². The fourth-order valence-electron chi connectivity index (χ4n) is 2.97. The smallest absolute Gasteiger partial charge is 0.340 e. The number of nitrogens with zero attached hydrogens (tertiary/aromatic N) is 3. The lowest BCUT2D eigenvalue weighted by Gasteiger charge is -2.07. The molecule has 150 valence electrons. The predicted molar refractivity (Wildman–Crippen MR) is 102 cm³/mol. The molecule has 0 unspecified atom stereocenters. The van der Waals surface area contributed by atoms with Crippen LogP contribution in [0.3, 0.4) is 0 Å². The van der Waals surface area contributed by atoms with Gasteiger partial charge in [-0.3, -0.25) is 4.79 Å². The summed E-state index contributed by atoms with van der Waals surface area (Å²) in [7, 11) is 0. The molecule has 0 fully saturated rings. The van der Waals surface area contributed by atoms with Crippen LogP contribution in [-0.2, 0) is 9.47 Å². The van der Waals surface area contributed by atoms with Crippen molar-refractivity contribution in [3.8, 4) is 5.69 Å². The van der Waals surface area contributed by atoms with E-state index in [0.29, 0.717) is 11.4 Å². The third kappa shape index (κ3) is 4.23. The quantitative estimate of drug-likeness (QED) is 0.481. The van der Waals surface area contributed by atoms with Crippen LogP contribution in [0, 0.1) is 13.8 Å². The van der Waals surface area contributed by atoms with Gasteiger partial charge >= 0.3 is 11.9 Å². The number of nitrogens with one attached hydrogen (secondary N) is 1. The number of Topliss-reactive ketones (excluding diaryl/α,β-unsaturated/α-hetero) is 1. The lowest BCUT2D eigenvalue weighted by atomic mass is 10.1. The molecule has 1 aromatic carbocycles. The van der Waals surface area contributed by atoms with Crippen molar-refractivity contribution in [1.29, 1.82) is 0 Å². The van der Waals surface area contributed by atoms with Crippen LogP contribution in [0.15, 0.2) is 36.9 Å². The highest BCUT2D eigenvalue weighted by molar-refractivity contribution is 6.09. The van der Waals surface area contributed by atoms with Crippen molar-refractivity contribution >= 4 is 17.7 Å². The van der Waals surface area contributed by atoms with Gasteiger partial charge < -0.3 is 14.5 Å². The monoisotopic (exact) mass is 396 g/mol. The van der Waals surface area contributed by atoms with Gasteiger partial charge in [-0.25, -0.2) is 19.3 Å².